The summed E-state index contributed by atoms with van der Waals surface area (Å²) in [7, 11) is 0. The fourth-order valence-electron chi connectivity index (χ4n) is 1.31. The standard InChI is InChI=1S/C11H6Cl3N3O2/c12-5-1-7(13)9(8(14)2-5)19-11-6(3-18)10(15)16-4-17-11/h1-4H,(H2,15,16,17). The molecule has 0 spiro atoms. The molecule has 0 saturated heterocycles. The van der Waals surface area contributed by atoms with Crippen LogP contribution >= 0.6 is 34.8 Å². The zero-order valence-electron chi connectivity index (χ0n) is 9.23. The summed E-state index contributed by atoms with van der Waals surface area (Å²) >= 11 is 17.7. The van der Waals surface area contributed by atoms with Crippen molar-refractivity contribution in [2.75, 3.05) is 5.73 Å². The van der Waals surface area contributed by atoms with E-state index in [-0.39, 0.29) is 33.1 Å². The molecule has 0 unspecified atom stereocenters. The number of aldehydes is 1. The molecule has 8 heteroatoms. The van der Waals surface area contributed by atoms with Gasteiger partial charge in [-0.1, -0.05) is 34.8 Å². The summed E-state index contributed by atoms with van der Waals surface area (Å²) in [5, 5.41) is 0.734. The number of hydrogen-bond donors (Lipinski definition) is 1. The highest BCUT2D eigenvalue weighted by Crippen LogP contribution is 2.38. The monoisotopic (exact) mass is 317 g/mol. The van der Waals surface area contributed by atoms with Crippen molar-refractivity contribution in [2.45, 2.75) is 0 Å². The first-order chi connectivity index (χ1) is 9.02. The minimum atomic E-state index is -0.0337. The van der Waals surface area contributed by atoms with Crippen LogP contribution in [0.3, 0.4) is 0 Å². The minimum absolute atomic E-state index is 0.00112. The lowest BCUT2D eigenvalue weighted by molar-refractivity contribution is 0.112. The zero-order chi connectivity index (χ0) is 14.0. The third-order valence-electron chi connectivity index (χ3n) is 2.16. The topological polar surface area (TPSA) is 78.1 Å². The summed E-state index contributed by atoms with van der Waals surface area (Å²) < 4.78 is 5.41. The molecule has 5 nitrogen and oxygen atoms in total. The van der Waals surface area contributed by atoms with E-state index in [1.807, 2.05) is 0 Å². The Labute approximate surface area is 123 Å². The van der Waals surface area contributed by atoms with E-state index in [1.165, 1.54) is 12.1 Å². The number of nitrogens with two attached hydrogens (primary N) is 1. The summed E-state index contributed by atoms with van der Waals surface area (Å²) in [6.07, 6.45) is 1.65. The molecule has 0 aliphatic heterocycles. The van der Waals surface area contributed by atoms with Gasteiger partial charge in [-0.2, -0.15) is 0 Å². The quantitative estimate of drug-likeness (QED) is 0.874. The van der Waals surface area contributed by atoms with E-state index in [0.29, 0.717) is 11.3 Å². The van der Waals surface area contributed by atoms with Crippen LogP contribution in [0.1, 0.15) is 10.4 Å². The summed E-state index contributed by atoms with van der Waals surface area (Å²) in [5.41, 5.74) is 5.55. The number of rotatable bonds is 3. The molecule has 0 atom stereocenters. The summed E-state index contributed by atoms with van der Waals surface area (Å²) in [5.74, 6) is 0.101. The van der Waals surface area contributed by atoms with Gasteiger partial charge in [0.05, 0.1) is 10.0 Å². The number of carbonyl (C=O) groups is 1. The number of anilines is 1. The van der Waals surface area contributed by atoms with Gasteiger partial charge in [-0.15, -0.1) is 0 Å². The summed E-state index contributed by atoms with van der Waals surface area (Å²) in [4.78, 5) is 18.4. The first kappa shape index (κ1) is 13.9. The molecular formula is C11H6Cl3N3O2. The maximum absolute atomic E-state index is 10.9. The maximum Gasteiger partial charge on any atom is 0.235 e. The summed E-state index contributed by atoms with van der Waals surface area (Å²) in [6.45, 7) is 0. The van der Waals surface area contributed by atoms with Crippen molar-refractivity contribution in [2.24, 2.45) is 0 Å². The second-order valence-electron chi connectivity index (χ2n) is 3.40. The fourth-order valence-corrected chi connectivity index (χ4v) is 2.20. The van der Waals surface area contributed by atoms with Gasteiger partial charge in [0, 0.05) is 5.02 Å². The van der Waals surface area contributed by atoms with Crippen molar-refractivity contribution in [1.82, 2.24) is 9.97 Å². The average molecular weight is 319 g/mol. The molecule has 19 heavy (non-hydrogen) atoms. The Morgan fingerprint density at radius 2 is 1.79 bits per heavy atom. The third kappa shape index (κ3) is 2.89. The molecule has 0 aliphatic rings. The van der Waals surface area contributed by atoms with Crippen LogP contribution in [0.25, 0.3) is 0 Å². The van der Waals surface area contributed by atoms with Crippen molar-refractivity contribution in [3.63, 3.8) is 0 Å². The van der Waals surface area contributed by atoms with Gasteiger partial charge in [0.15, 0.2) is 12.0 Å². The molecule has 0 aliphatic carbocycles. The van der Waals surface area contributed by atoms with E-state index < -0.39 is 0 Å². The molecule has 0 bridgehead atoms. The molecular weight excluding hydrogens is 312 g/mol. The van der Waals surface area contributed by atoms with Crippen LogP contribution in [0, 0.1) is 0 Å². The number of carbonyl (C=O) groups excluding carboxylic acids is 1. The minimum Gasteiger partial charge on any atom is -0.435 e. The first-order valence-electron chi connectivity index (χ1n) is 4.91. The largest absolute Gasteiger partial charge is 0.435 e. The number of ether oxygens (including phenoxy) is 1. The molecule has 1 aromatic heterocycles. The predicted octanol–water partition coefficient (Wildman–Crippen LogP) is 3.62. The number of hydrogen-bond acceptors (Lipinski definition) is 5. The molecule has 2 N–H and O–H groups in total. The summed E-state index contributed by atoms with van der Waals surface area (Å²) in [6, 6.07) is 2.91. The van der Waals surface area contributed by atoms with Crippen LogP contribution in [-0.4, -0.2) is 16.3 Å². The smallest absolute Gasteiger partial charge is 0.235 e. The molecule has 2 aromatic rings. The van der Waals surface area contributed by atoms with Crippen molar-refractivity contribution in [3.8, 4) is 11.6 Å². The number of nitrogens with zero attached hydrogens (tertiary/aromatic N) is 2. The van der Waals surface area contributed by atoms with Gasteiger partial charge in [0.1, 0.15) is 17.7 Å². The van der Waals surface area contributed by atoms with Crippen LogP contribution in [-0.2, 0) is 0 Å². The van der Waals surface area contributed by atoms with Crippen LogP contribution in [0.4, 0.5) is 5.82 Å². The second-order valence-corrected chi connectivity index (χ2v) is 4.65. The molecule has 1 aromatic carbocycles. The molecule has 0 radical (unpaired) electrons. The van der Waals surface area contributed by atoms with Gasteiger partial charge < -0.3 is 10.5 Å². The lowest BCUT2D eigenvalue weighted by Crippen LogP contribution is -2.02. The Balaban J connectivity index is 2.48. The average Bonchev–Trinajstić information content (AvgIpc) is 2.34. The van der Waals surface area contributed by atoms with Crippen molar-refractivity contribution in [1.29, 1.82) is 0 Å². The Morgan fingerprint density at radius 1 is 1.16 bits per heavy atom. The van der Waals surface area contributed by atoms with Crippen molar-refractivity contribution >= 4 is 46.9 Å². The SMILES string of the molecule is Nc1ncnc(Oc2c(Cl)cc(Cl)cc2Cl)c1C=O. The molecule has 1 heterocycles. The van der Waals surface area contributed by atoms with Gasteiger partial charge in [0.25, 0.3) is 0 Å². The van der Waals surface area contributed by atoms with Crippen LogP contribution in [0.2, 0.25) is 15.1 Å². The molecule has 0 fully saturated rings. The normalized spacial score (nSPS) is 10.3. The molecule has 2 rings (SSSR count). The maximum atomic E-state index is 10.9. The number of nitrogen functional groups attached to an aromatic ring is 1. The zero-order valence-corrected chi connectivity index (χ0v) is 11.5. The van der Waals surface area contributed by atoms with E-state index >= 15 is 0 Å². The van der Waals surface area contributed by atoms with E-state index in [4.69, 9.17) is 45.3 Å². The molecule has 0 amide bonds. The molecule has 0 saturated carbocycles. The van der Waals surface area contributed by atoms with Crippen LogP contribution in [0.15, 0.2) is 18.5 Å². The fraction of sp³-hybridized carbons (Fsp3) is 0. The van der Waals surface area contributed by atoms with Crippen LogP contribution in [0.5, 0.6) is 11.6 Å². The van der Waals surface area contributed by atoms with Crippen LogP contribution < -0.4 is 10.5 Å². The highest BCUT2D eigenvalue weighted by molar-refractivity contribution is 6.40. The Bertz CT molecular complexity index is 626. The van der Waals surface area contributed by atoms with Gasteiger partial charge in [-0.05, 0) is 12.1 Å². The van der Waals surface area contributed by atoms with Crippen molar-refractivity contribution in [3.05, 3.63) is 39.1 Å². The lowest BCUT2D eigenvalue weighted by atomic mass is 10.3. The van der Waals surface area contributed by atoms with Crippen molar-refractivity contribution < 1.29 is 9.53 Å². The van der Waals surface area contributed by atoms with E-state index in [9.17, 15) is 4.79 Å². The van der Waals surface area contributed by atoms with Gasteiger partial charge >= 0.3 is 0 Å². The number of halogens is 3. The van der Waals surface area contributed by atoms with E-state index in [0.717, 1.165) is 6.33 Å². The highest BCUT2D eigenvalue weighted by atomic mass is 35.5. The third-order valence-corrected chi connectivity index (χ3v) is 2.94. The predicted molar refractivity (Wildman–Crippen MR) is 73.4 cm³/mol. The van der Waals surface area contributed by atoms with E-state index in [2.05, 4.69) is 9.97 Å². The number of benzene rings is 1. The number of aromatic nitrogens is 2. The van der Waals surface area contributed by atoms with Gasteiger partial charge in [0.2, 0.25) is 5.88 Å². The lowest BCUT2D eigenvalue weighted by Gasteiger charge is -2.10. The Morgan fingerprint density at radius 3 is 2.37 bits per heavy atom. The highest BCUT2D eigenvalue weighted by Gasteiger charge is 2.15. The first-order valence-corrected chi connectivity index (χ1v) is 6.04. The van der Waals surface area contributed by atoms with Gasteiger partial charge in [-0.25, -0.2) is 9.97 Å². The Hall–Kier alpha value is -1.56. The van der Waals surface area contributed by atoms with E-state index in [1.54, 1.807) is 0 Å². The Kier molecular flexibility index (Phi) is 4.09. The molecule has 98 valence electrons. The van der Waals surface area contributed by atoms with Gasteiger partial charge in [-0.3, -0.25) is 4.79 Å². The second kappa shape index (κ2) is 5.61.